The Bertz CT molecular complexity index is 230. The van der Waals surface area contributed by atoms with Crippen LogP contribution in [0, 0.1) is 0 Å². The second-order valence-electron chi connectivity index (χ2n) is 3.15. The molecule has 0 aliphatic rings. The maximum absolute atomic E-state index is 10.9. The third kappa shape index (κ3) is 3.27. The summed E-state index contributed by atoms with van der Waals surface area (Å²) in [5.41, 5.74) is 0. The summed E-state index contributed by atoms with van der Waals surface area (Å²) in [6.07, 6.45) is 1.96. The van der Waals surface area contributed by atoms with Gasteiger partial charge in [0.1, 0.15) is 12.1 Å². The highest BCUT2D eigenvalue weighted by Gasteiger charge is 2.30. The minimum Gasteiger partial charge on any atom is -0.480 e. The van der Waals surface area contributed by atoms with Gasteiger partial charge in [-0.05, 0) is 19.0 Å². The molecule has 0 heterocycles. The van der Waals surface area contributed by atoms with Crippen LogP contribution in [0.2, 0.25) is 0 Å². The molecule has 0 fully saturated rings. The van der Waals surface area contributed by atoms with E-state index < -0.39 is 24.0 Å². The lowest BCUT2D eigenvalue weighted by molar-refractivity contribution is -0.148. The first-order chi connectivity index (χ1) is 6.99. The highest BCUT2D eigenvalue weighted by atomic mass is 16.4. The molecule has 5 nitrogen and oxygen atoms in total. The molecule has 5 heteroatoms. The Balaban J connectivity index is 4.92. The third-order valence-corrected chi connectivity index (χ3v) is 2.27. The van der Waals surface area contributed by atoms with Gasteiger partial charge in [-0.25, -0.2) is 9.59 Å². The molecule has 15 heavy (non-hydrogen) atoms. The van der Waals surface area contributed by atoms with E-state index in [0.717, 1.165) is 0 Å². The number of carbonyl (C=O) groups is 2. The Morgan fingerprint density at radius 2 is 1.53 bits per heavy atom. The first kappa shape index (κ1) is 13.5. The number of nitrogens with zero attached hydrogens (tertiary/aromatic N) is 1. The predicted octanol–water partition coefficient (Wildman–Crippen LogP) is 1.16. The van der Waals surface area contributed by atoms with Gasteiger partial charge in [0.2, 0.25) is 0 Å². The van der Waals surface area contributed by atoms with Crippen LogP contribution in [0.4, 0.5) is 0 Å². The van der Waals surface area contributed by atoms with Gasteiger partial charge in [0.15, 0.2) is 0 Å². The number of rotatable bonds is 7. The van der Waals surface area contributed by atoms with Gasteiger partial charge in [-0.1, -0.05) is 20.4 Å². The number of hydrogen-bond donors (Lipinski definition) is 2. The van der Waals surface area contributed by atoms with Crippen LogP contribution in [0.1, 0.15) is 26.7 Å². The summed E-state index contributed by atoms with van der Waals surface area (Å²) >= 11 is 0. The maximum atomic E-state index is 10.9. The number of carboxylic acid groups (broad SMARTS) is 2. The zero-order valence-electron chi connectivity index (χ0n) is 9.01. The molecule has 0 bridgehead atoms. The molecule has 0 aromatic rings. The summed E-state index contributed by atoms with van der Waals surface area (Å²) in [6, 6.07) is -1.66. The van der Waals surface area contributed by atoms with Crippen molar-refractivity contribution in [1.29, 1.82) is 0 Å². The van der Waals surface area contributed by atoms with Crippen molar-refractivity contribution in [3.8, 4) is 0 Å². The normalized spacial score (nSPS) is 14.0. The molecule has 0 rings (SSSR count). The van der Waals surface area contributed by atoms with E-state index in [0.29, 0.717) is 12.8 Å². The standard InChI is InChI=1S/C10H17NO4/c1-4-7(9(12)13)11(6-3)8(5-2)10(14)15/h6-8H,3-5H2,1-2H3,(H,12,13)(H,14,15). The van der Waals surface area contributed by atoms with Crippen molar-refractivity contribution >= 4 is 11.9 Å². The molecule has 0 aliphatic carbocycles. The lowest BCUT2D eigenvalue weighted by Crippen LogP contribution is -2.47. The molecule has 0 aliphatic heterocycles. The van der Waals surface area contributed by atoms with E-state index in [4.69, 9.17) is 10.2 Å². The molecule has 2 N–H and O–H groups in total. The van der Waals surface area contributed by atoms with Crippen LogP contribution < -0.4 is 0 Å². The van der Waals surface area contributed by atoms with E-state index >= 15 is 0 Å². The second-order valence-corrected chi connectivity index (χ2v) is 3.15. The van der Waals surface area contributed by atoms with Gasteiger partial charge in [0.25, 0.3) is 0 Å². The molecule has 0 amide bonds. The van der Waals surface area contributed by atoms with Crippen LogP contribution in [0.15, 0.2) is 12.8 Å². The summed E-state index contributed by atoms with van der Waals surface area (Å²) in [7, 11) is 0. The molecule has 0 aromatic carbocycles. The Morgan fingerprint density at radius 1 is 1.20 bits per heavy atom. The highest BCUT2D eigenvalue weighted by Crippen LogP contribution is 2.13. The monoisotopic (exact) mass is 215 g/mol. The summed E-state index contributed by atoms with van der Waals surface area (Å²) in [6.45, 7) is 6.86. The van der Waals surface area contributed by atoms with Crippen molar-refractivity contribution in [3.05, 3.63) is 12.8 Å². The first-order valence-electron chi connectivity index (χ1n) is 4.85. The number of carboxylic acids is 2. The summed E-state index contributed by atoms with van der Waals surface area (Å²) in [5, 5.41) is 17.8. The molecular weight excluding hydrogens is 198 g/mol. The van der Waals surface area contributed by atoms with Crippen molar-refractivity contribution < 1.29 is 19.8 Å². The van der Waals surface area contributed by atoms with E-state index in [1.807, 2.05) is 0 Å². The smallest absolute Gasteiger partial charge is 0.326 e. The fourth-order valence-electron chi connectivity index (χ4n) is 1.50. The third-order valence-electron chi connectivity index (χ3n) is 2.27. The molecule has 0 saturated heterocycles. The van der Waals surface area contributed by atoms with Crippen LogP contribution in [-0.2, 0) is 9.59 Å². The minimum atomic E-state index is -1.03. The molecule has 86 valence electrons. The molecule has 0 saturated carbocycles. The summed E-state index contributed by atoms with van der Waals surface area (Å²) in [4.78, 5) is 23.1. The van der Waals surface area contributed by atoms with Crippen LogP contribution >= 0.6 is 0 Å². The zero-order chi connectivity index (χ0) is 12.0. The van der Waals surface area contributed by atoms with Crippen molar-refractivity contribution in [2.45, 2.75) is 38.8 Å². The van der Waals surface area contributed by atoms with E-state index in [2.05, 4.69) is 6.58 Å². The van der Waals surface area contributed by atoms with Crippen molar-refractivity contribution in [3.63, 3.8) is 0 Å². The van der Waals surface area contributed by atoms with E-state index in [9.17, 15) is 9.59 Å². The Hall–Kier alpha value is -1.52. The maximum Gasteiger partial charge on any atom is 0.326 e. The fourth-order valence-corrected chi connectivity index (χ4v) is 1.50. The fraction of sp³-hybridized carbons (Fsp3) is 0.600. The Kier molecular flexibility index (Phi) is 5.44. The summed E-state index contributed by atoms with van der Waals surface area (Å²) < 4.78 is 0. The number of hydrogen-bond acceptors (Lipinski definition) is 3. The topological polar surface area (TPSA) is 77.8 Å². The molecule has 0 aromatic heterocycles. The van der Waals surface area contributed by atoms with Crippen molar-refractivity contribution in [2.75, 3.05) is 0 Å². The molecule has 0 spiro atoms. The SMILES string of the molecule is C=CN(C(CC)C(=O)O)C(CC)C(=O)O. The van der Waals surface area contributed by atoms with Crippen molar-refractivity contribution in [1.82, 2.24) is 4.90 Å². The van der Waals surface area contributed by atoms with E-state index in [-0.39, 0.29) is 0 Å². The summed E-state index contributed by atoms with van der Waals surface area (Å²) in [5.74, 6) is -2.06. The van der Waals surface area contributed by atoms with Crippen LogP contribution in [-0.4, -0.2) is 39.1 Å². The van der Waals surface area contributed by atoms with Gasteiger partial charge in [0.05, 0.1) is 0 Å². The average Bonchev–Trinajstić information content (AvgIpc) is 2.16. The van der Waals surface area contributed by atoms with Gasteiger partial charge in [-0.2, -0.15) is 0 Å². The average molecular weight is 215 g/mol. The van der Waals surface area contributed by atoms with Crippen molar-refractivity contribution in [2.24, 2.45) is 0 Å². The van der Waals surface area contributed by atoms with Crippen LogP contribution in [0.25, 0.3) is 0 Å². The predicted molar refractivity (Wildman–Crippen MR) is 55.5 cm³/mol. The number of aliphatic carboxylic acids is 2. The lowest BCUT2D eigenvalue weighted by Gasteiger charge is -2.31. The lowest BCUT2D eigenvalue weighted by atomic mass is 10.1. The highest BCUT2D eigenvalue weighted by molar-refractivity contribution is 5.77. The van der Waals surface area contributed by atoms with Gasteiger partial charge < -0.3 is 15.1 Å². The molecule has 2 atom stereocenters. The second kappa shape index (κ2) is 6.06. The quantitative estimate of drug-likeness (QED) is 0.666. The Labute approximate surface area is 89.0 Å². The Morgan fingerprint density at radius 3 is 1.67 bits per heavy atom. The molecular formula is C10H17NO4. The van der Waals surface area contributed by atoms with E-state index in [1.165, 1.54) is 11.1 Å². The van der Waals surface area contributed by atoms with Gasteiger partial charge >= 0.3 is 11.9 Å². The van der Waals surface area contributed by atoms with E-state index in [1.54, 1.807) is 13.8 Å². The first-order valence-corrected chi connectivity index (χ1v) is 4.85. The van der Waals surface area contributed by atoms with Crippen LogP contribution in [0.3, 0.4) is 0 Å². The van der Waals surface area contributed by atoms with Gasteiger partial charge in [-0.15, -0.1) is 0 Å². The molecule has 2 unspecified atom stereocenters. The molecule has 0 radical (unpaired) electrons. The van der Waals surface area contributed by atoms with Crippen LogP contribution in [0.5, 0.6) is 0 Å². The van der Waals surface area contributed by atoms with Gasteiger partial charge in [-0.3, -0.25) is 0 Å². The zero-order valence-corrected chi connectivity index (χ0v) is 9.01. The van der Waals surface area contributed by atoms with Gasteiger partial charge in [0, 0.05) is 0 Å². The largest absolute Gasteiger partial charge is 0.480 e. The minimum absolute atomic E-state index is 0.338.